The molecule has 2 aliphatic carbocycles. The largest absolute Gasteiger partial charge is 0.459 e. The van der Waals surface area contributed by atoms with Crippen LogP contribution in [0.4, 0.5) is 0 Å². The first-order chi connectivity index (χ1) is 19.9. The summed E-state index contributed by atoms with van der Waals surface area (Å²) in [6, 6.07) is 18.5. The van der Waals surface area contributed by atoms with Crippen molar-refractivity contribution in [3.8, 4) is 0 Å². The van der Waals surface area contributed by atoms with Crippen LogP contribution in [0.3, 0.4) is 0 Å². The van der Waals surface area contributed by atoms with Crippen molar-refractivity contribution in [1.29, 1.82) is 0 Å². The number of carbonyl (C=O) groups excluding carboxylic acids is 2. The zero-order valence-corrected chi connectivity index (χ0v) is 25.2. The molecule has 2 aromatic carbocycles. The van der Waals surface area contributed by atoms with E-state index in [0.29, 0.717) is 18.4 Å². The Hall–Kier alpha value is -3.00. The minimum atomic E-state index is -0.797. The summed E-state index contributed by atoms with van der Waals surface area (Å²) in [6.07, 6.45) is 0.236. The molecule has 0 radical (unpaired) electrons. The van der Waals surface area contributed by atoms with Gasteiger partial charge in [-0.3, -0.25) is 4.79 Å². The van der Waals surface area contributed by atoms with Gasteiger partial charge in [0.25, 0.3) is 0 Å². The van der Waals surface area contributed by atoms with E-state index >= 15 is 0 Å². The van der Waals surface area contributed by atoms with Crippen molar-refractivity contribution in [2.24, 2.45) is 11.3 Å². The summed E-state index contributed by atoms with van der Waals surface area (Å²) in [5.74, 6) is -1.19. The SMILES string of the molecule is CC(C)=C1[C@@H]2[C@H](O)C[C@]3(C)O[C@H]3CC[C@]3(C)O[C@H]3C(OC(=O)Cc3ccccc3)[C@@]2(C)C[C@H]1OC(=O)c1ccccc1. The number of rotatable bonds is 5. The number of allylic oxidation sites excluding steroid dienone is 1. The average Bonchev–Trinajstić information content (AvgIpc) is 3.77. The van der Waals surface area contributed by atoms with Gasteiger partial charge in [0.05, 0.1) is 35.4 Å². The van der Waals surface area contributed by atoms with Crippen molar-refractivity contribution in [3.05, 3.63) is 82.9 Å². The fraction of sp³-hybridized carbons (Fsp3) is 0.543. The number of fused-ring (bicyclic) bond motifs is 3. The van der Waals surface area contributed by atoms with Crippen LogP contribution in [0.1, 0.15) is 76.2 Å². The molecule has 7 heteroatoms. The molecule has 224 valence electrons. The second kappa shape index (κ2) is 10.6. The van der Waals surface area contributed by atoms with Crippen molar-refractivity contribution in [2.75, 3.05) is 0 Å². The van der Waals surface area contributed by atoms with Gasteiger partial charge in [-0.2, -0.15) is 0 Å². The maximum absolute atomic E-state index is 13.5. The Bertz CT molecular complexity index is 1370. The molecule has 2 heterocycles. The highest BCUT2D eigenvalue weighted by Crippen LogP contribution is 2.61. The van der Waals surface area contributed by atoms with Crippen molar-refractivity contribution in [2.45, 2.75) is 108 Å². The van der Waals surface area contributed by atoms with Crippen LogP contribution >= 0.6 is 0 Å². The van der Waals surface area contributed by atoms with Crippen LogP contribution < -0.4 is 0 Å². The molecule has 0 amide bonds. The third kappa shape index (κ3) is 5.31. The molecule has 2 saturated heterocycles. The lowest BCUT2D eigenvalue weighted by Gasteiger charge is -2.41. The number of aliphatic hydroxyl groups excluding tert-OH is 1. The Morgan fingerprint density at radius 3 is 2.24 bits per heavy atom. The molecule has 1 N–H and O–H groups in total. The van der Waals surface area contributed by atoms with Crippen LogP contribution in [0.2, 0.25) is 0 Å². The number of carbonyl (C=O) groups is 2. The molecule has 6 rings (SSSR count). The summed E-state index contributed by atoms with van der Waals surface area (Å²) in [6.45, 7) is 10.2. The Balaban J connectivity index is 1.39. The molecular formula is C35H42O7. The quantitative estimate of drug-likeness (QED) is 0.283. The van der Waals surface area contributed by atoms with Crippen molar-refractivity contribution < 1.29 is 33.6 Å². The zero-order chi connectivity index (χ0) is 29.9. The first-order valence-corrected chi connectivity index (χ1v) is 15.1. The van der Waals surface area contributed by atoms with E-state index in [9.17, 15) is 14.7 Å². The fourth-order valence-electron chi connectivity index (χ4n) is 7.75. The predicted molar refractivity (Wildman–Crippen MR) is 157 cm³/mol. The molecule has 0 spiro atoms. The number of ether oxygens (including phenoxy) is 4. The van der Waals surface area contributed by atoms with Gasteiger partial charge in [-0.15, -0.1) is 0 Å². The minimum Gasteiger partial charge on any atom is -0.459 e. The van der Waals surface area contributed by atoms with E-state index < -0.39 is 46.8 Å². The number of hydrogen-bond acceptors (Lipinski definition) is 7. The van der Waals surface area contributed by atoms with Gasteiger partial charge in [-0.25, -0.2) is 4.79 Å². The van der Waals surface area contributed by atoms with Gasteiger partial charge >= 0.3 is 11.9 Å². The standard InChI is InChI=1S/C35H42O7/c1-21(2)28-25(39-32(38)23-14-10-7-11-15-23)20-33(3)29(28)24(36)19-35(5)26(41-35)16-17-34(4)31(42-34)30(33)40-27(37)18-22-12-8-6-9-13-22/h6-15,24-26,29-31,36H,16-20H2,1-5H3/t24-,25-,26+,29+,30?,31+,33+,34+,35+/m1/s1. The Morgan fingerprint density at radius 2 is 1.57 bits per heavy atom. The van der Waals surface area contributed by atoms with Crippen molar-refractivity contribution >= 4 is 11.9 Å². The van der Waals surface area contributed by atoms with Crippen LogP contribution in [0.5, 0.6) is 0 Å². The Labute approximate surface area is 248 Å². The molecule has 7 nitrogen and oxygen atoms in total. The molecule has 42 heavy (non-hydrogen) atoms. The minimum absolute atomic E-state index is 0.0422. The summed E-state index contributed by atoms with van der Waals surface area (Å²) in [4.78, 5) is 26.8. The first-order valence-electron chi connectivity index (χ1n) is 15.1. The molecule has 9 atom stereocenters. The van der Waals surface area contributed by atoms with Gasteiger partial charge in [0, 0.05) is 17.8 Å². The van der Waals surface area contributed by atoms with Gasteiger partial charge in [-0.05, 0) is 70.2 Å². The van der Waals surface area contributed by atoms with Gasteiger partial charge in [0.2, 0.25) is 0 Å². The number of esters is 2. The smallest absolute Gasteiger partial charge is 0.338 e. The van der Waals surface area contributed by atoms with E-state index in [1.807, 2.05) is 62.4 Å². The molecule has 1 unspecified atom stereocenters. The normalized spacial score (nSPS) is 38.7. The third-order valence-electron chi connectivity index (χ3n) is 10.1. The highest BCUT2D eigenvalue weighted by Gasteiger charge is 2.69. The number of benzene rings is 2. The highest BCUT2D eigenvalue weighted by molar-refractivity contribution is 5.89. The lowest BCUT2D eigenvalue weighted by molar-refractivity contribution is -0.161. The summed E-state index contributed by atoms with van der Waals surface area (Å²) in [5.41, 5.74) is 1.53. The van der Waals surface area contributed by atoms with E-state index in [-0.39, 0.29) is 24.6 Å². The second-order valence-corrected chi connectivity index (χ2v) is 13.6. The third-order valence-corrected chi connectivity index (χ3v) is 10.1. The fourth-order valence-corrected chi connectivity index (χ4v) is 7.75. The van der Waals surface area contributed by atoms with Gasteiger partial charge in [-0.1, -0.05) is 61.0 Å². The molecule has 0 aromatic heterocycles. The average molecular weight is 575 g/mol. The van der Waals surface area contributed by atoms with E-state index in [1.165, 1.54) is 0 Å². The lowest BCUT2D eigenvalue weighted by atomic mass is 9.68. The molecule has 4 aliphatic rings. The highest BCUT2D eigenvalue weighted by atomic mass is 16.6. The van der Waals surface area contributed by atoms with Crippen LogP contribution in [-0.4, -0.2) is 58.8 Å². The topological polar surface area (TPSA) is 97.9 Å². The number of hydrogen-bond donors (Lipinski definition) is 1. The van der Waals surface area contributed by atoms with E-state index in [1.54, 1.807) is 12.1 Å². The summed E-state index contributed by atoms with van der Waals surface area (Å²) in [7, 11) is 0. The van der Waals surface area contributed by atoms with E-state index in [0.717, 1.165) is 29.6 Å². The second-order valence-electron chi connectivity index (χ2n) is 13.6. The molecule has 4 fully saturated rings. The van der Waals surface area contributed by atoms with Crippen LogP contribution in [-0.2, 0) is 30.2 Å². The molecule has 2 aliphatic heterocycles. The van der Waals surface area contributed by atoms with Gasteiger partial charge in [0.15, 0.2) is 0 Å². The van der Waals surface area contributed by atoms with Gasteiger partial charge in [0.1, 0.15) is 18.3 Å². The van der Waals surface area contributed by atoms with E-state index in [2.05, 4.69) is 20.8 Å². The molecule has 2 saturated carbocycles. The summed E-state index contributed by atoms with van der Waals surface area (Å²) in [5, 5.41) is 12.0. The molecule has 2 aromatic rings. The van der Waals surface area contributed by atoms with Crippen molar-refractivity contribution in [3.63, 3.8) is 0 Å². The maximum atomic E-state index is 13.5. The predicted octanol–water partition coefficient (Wildman–Crippen LogP) is 5.59. The van der Waals surface area contributed by atoms with Gasteiger partial charge < -0.3 is 24.1 Å². The van der Waals surface area contributed by atoms with E-state index in [4.69, 9.17) is 18.9 Å². The first kappa shape index (κ1) is 29.1. The summed E-state index contributed by atoms with van der Waals surface area (Å²) >= 11 is 0. The summed E-state index contributed by atoms with van der Waals surface area (Å²) < 4.78 is 25.2. The van der Waals surface area contributed by atoms with Crippen molar-refractivity contribution in [1.82, 2.24) is 0 Å². The monoisotopic (exact) mass is 574 g/mol. The zero-order valence-electron chi connectivity index (χ0n) is 25.2. The molecular weight excluding hydrogens is 532 g/mol. The lowest BCUT2D eigenvalue weighted by Crippen LogP contribution is -2.48. The maximum Gasteiger partial charge on any atom is 0.338 e. The number of epoxide rings is 2. The van der Waals surface area contributed by atoms with Crippen LogP contribution in [0.25, 0.3) is 0 Å². The Kier molecular flexibility index (Phi) is 7.35. The number of aliphatic hydroxyl groups is 1. The van der Waals surface area contributed by atoms with Crippen LogP contribution in [0.15, 0.2) is 71.8 Å². The van der Waals surface area contributed by atoms with Crippen LogP contribution in [0, 0.1) is 11.3 Å². The molecule has 0 bridgehead atoms. The Morgan fingerprint density at radius 1 is 0.905 bits per heavy atom.